The summed E-state index contributed by atoms with van der Waals surface area (Å²) in [7, 11) is 0. The van der Waals surface area contributed by atoms with Crippen LogP contribution in [-0.2, 0) is 11.2 Å². The van der Waals surface area contributed by atoms with Crippen LogP contribution in [-0.4, -0.2) is 35.1 Å². The molecule has 0 unspecified atom stereocenters. The minimum Gasteiger partial charge on any atom is -0.391 e. The fourth-order valence-corrected chi connectivity index (χ4v) is 3.21. The van der Waals surface area contributed by atoms with E-state index in [1.54, 1.807) is 0 Å². The number of amides is 1. The molecule has 2 atom stereocenters. The highest BCUT2D eigenvalue weighted by molar-refractivity contribution is 9.10. The largest absolute Gasteiger partial charge is 0.391 e. The van der Waals surface area contributed by atoms with E-state index in [2.05, 4.69) is 35.0 Å². The predicted molar refractivity (Wildman–Crippen MR) is 83.4 cm³/mol. The van der Waals surface area contributed by atoms with E-state index in [1.165, 1.54) is 5.56 Å². The minimum atomic E-state index is -0.351. The molecule has 0 aliphatic carbocycles. The summed E-state index contributed by atoms with van der Waals surface area (Å²) in [4.78, 5) is 14.4. The number of nitrogens with zero attached hydrogens (tertiary/aromatic N) is 1. The normalized spacial score (nSPS) is 20.8. The average Bonchev–Trinajstić information content (AvgIpc) is 2.44. The van der Waals surface area contributed by atoms with Gasteiger partial charge in [-0.2, -0.15) is 0 Å². The Kier molecular flexibility index (Phi) is 5.61. The number of piperidine rings is 1. The van der Waals surface area contributed by atoms with Gasteiger partial charge in [0.15, 0.2) is 0 Å². The van der Waals surface area contributed by atoms with Crippen molar-refractivity contribution in [2.45, 2.75) is 38.7 Å². The molecule has 0 saturated carbocycles. The molecule has 1 amide bonds. The van der Waals surface area contributed by atoms with Gasteiger partial charge in [-0.1, -0.05) is 35.0 Å². The van der Waals surface area contributed by atoms with Gasteiger partial charge in [-0.3, -0.25) is 4.79 Å². The van der Waals surface area contributed by atoms with Crippen molar-refractivity contribution in [1.82, 2.24) is 4.90 Å². The van der Waals surface area contributed by atoms with Crippen molar-refractivity contribution in [2.24, 2.45) is 5.92 Å². The summed E-state index contributed by atoms with van der Waals surface area (Å²) in [6.07, 6.45) is 2.96. The second-order valence-electron chi connectivity index (χ2n) is 5.52. The average molecular weight is 340 g/mol. The lowest BCUT2D eigenvalue weighted by atomic mass is 9.94. The zero-order valence-electron chi connectivity index (χ0n) is 11.9. The number of carbonyl (C=O) groups excluding carboxylic acids is 1. The topological polar surface area (TPSA) is 40.5 Å². The summed E-state index contributed by atoms with van der Waals surface area (Å²) in [5.74, 6) is 0.195. The third kappa shape index (κ3) is 4.06. The van der Waals surface area contributed by atoms with Crippen molar-refractivity contribution >= 4 is 21.8 Å². The van der Waals surface area contributed by atoms with Gasteiger partial charge in [0.1, 0.15) is 0 Å². The molecule has 20 heavy (non-hydrogen) atoms. The Hall–Kier alpha value is -0.870. The number of halogens is 1. The molecule has 4 heteroatoms. The van der Waals surface area contributed by atoms with Crippen molar-refractivity contribution in [3.8, 4) is 0 Å². The zero-order valence-corrected chi connectivity index (χ0v) is 13.5. The van der Waals surface area contributed by atoms with Crippen LogP contribution in [0.1, 0.15) is 31.7 Å². The number of β-amino-alcohol motifs (C(OH)–C–C–N with tert-alkyl or cyclic N) is 1. The number of likely N-dealkylation sites (tertiary alicyclic amines) is 1. The first-order chi connectivity index (χ1) is 9.60. The molecule has 0 spiro atoms. The molecule has 1 N–H and O–H groups in total. The van der Waals surface area contributed by atoms with Crippen LogP contribution in [0.15, 0.2) is 28.7 Å². The number of hydrogen-bond donors (Lipinski definition) is 1. The van der Waals surface area contributed by atoms with Gasteiger partial charge in [-0.05, 0) is 43.4 Å². The fraction of sp³-hybridized carbons (Fsp3) is 0.562. The lowest BCUT2D eigenvalue weighted by molar-refractivity contribution is -0.138. The zero-order chi connectivity index (χ0) is 14.5. The van der Waals surface area contributed by atoms with E-state index < -0.39 is 0 Å². The minimum absolute atomic E-state index is 0.00889. The van der Waals surface area contributed by atoms with Crippen molar-refractivity contribution in [1.29, 1.82) is 0 Å². The number of aliphatic hydroxyl groups is 1. The molecule has 2 rings (SSSR count). The standard InChI is InChI=1S/C16H22BrNO2/c1-2-13(9-12-5-3-6-14(17)10-12)16(20)18-8-4-7-15(19)11-18/h3,5-6,10,13,15,19H,2,4,7-9,11H2,1H3/t13-,15-/m1/s1. The Labute approximate surface area is 129 Å². The van der Waals surface area contributed by atoms with E-state index >= 15 is 0 Å². The lowest BCUT2D eigenvalue weighted by Gasteiger charge is -2.32. The van der Waals surface area contributed by atoms with Gasteiger partial charge in [-0.25, -0.2) is 0 Å². The fourth-order valence-electron chi connectivity index (χ4n) is 2.77. The number of benzene rings is 1. The highest BCUT2D eigenvalue weighted by atomic mass is 79.9. The maximum absolute atomic E-state index is 12.6. The number of carbonyl (C=O) groups is 1. The molecule has 0 bridgehead atoms. The van der Waals surface area contributed by atoms with Gasteiger partial charge in [-0.15, -0.1) is 0 Å². The van der Waals surface area contributed by atoms with Crippen molar-refractivity contribution in [3.05, 3.63) is 34.3 Å². The first-order valence-electron chi connectivity index (χ1n) is 7.31. The molecule has 1 fully saturated rings. The van der Waals surface area contributed by atoms with E-state index in [-0.39, 0.29) is 17.9 Å². The molecule has 1 aromatic rings. The first-order valence-corrected chi connectivity index (χ1v) is 8.10. The number of hydrogen-bond acceptors (Lipinski definition) is 2. The monoisotopic (exact) mass is 339 g/mol. The molecule has 3 nitrogen and oxygen atoms in total. The second-order valence-corrected chi connectivity index (χ2v) is 6.44. The third-order valence-electron chi connectivity index (χ3n) is 3.92. The second kappa shape index (κ2) is 7.23. The predicted octanol–water partition coefficient (Wildman–Crippen LogP) is 3.00. The summed E-state index contributed by atoms with van der Waals surface area (Å²) in [6.45, 7) is 3.33. The molecule has 1 heterocycles. The Morgan fingerprint density at radius 3 is 3.00 bits per heavy atom. The van der Waals surface area contributed by atoms with Crippen molar-refractivity contribution < 1.29 is 9.90 Å². The summed E-state index contributed by atoms with van der Waals surface area (Å²) in [5, 5.41) is 9.71. The molecule has 0 aromatic heterocycles. The van der Waals surface area contributed by atoms with Crippen LogP contribution in [0.4, 0.5) is 0 Å². The smallest absolute Gasteiger partial charge is 0.226 e. The summed E-state index contributed by atoms with van der Waals surface area (Å²) < 4.78 is 1.05. The van der Waals surface area contributed by atoms with Crippen LogP contribution in [0.25, 0.3) is 0 Å². The molecular weight excluding hydrogens is 318 g/mol. The lowest BCUT2D eigenvalue weighted by Crippen LogP contribution is -2.45. The molecule has 110 valence electrons. The molecule has 1 aliphatic rings. The molecular formula is C16H22BrNO2. The first kappa shape index (κ1) is 15.5. The molecule has 1 aromatic carbocycles. The summed E-state index contributed by atoms with van der Waals surface area (Å²) in [6, 6.07) is 8.13. The van der Waals surface area contributed by atoms with Gasteiger partial charge in [0.2, 0.25) is 5.91 Å². The summed E-state index contributed by atoms with van der Waals surface area (Å²) in [5.41, 5.74) is 1.18. The quantitative estimate of drug-likeness (QED) is 0.915. The van der Waals surface area contributed by atoms with Gasteiger partial charge < -0.3 is 10.0 Å². The van der Waals surface area contributed by atoms with Crippen LogP contribution in [0.2, 0.25) is 0 Å². The van der Waals surface area contributed by atoms with Crippen LogP contribution in [0, 0.1) is 5.92 Å². The van der Waals surface area contributed by atoms with Crippen LogP contribution >= 0.6 is 15.9 Å². The van der Waals surface area contributed by atoms with Crippen LogP contribution < -0.4 is 0 Å². The Bertz CT molecular complexity index is 464. The van der Waals surface area contributed by atoms with E-state index in [1.807, 2.05) is 17.0 Å². The molecule has 1 aliphatic heterocycles. The molecule has 1 saturated heterocycles. The van der Waals surface area contributed by atoms with Gasteiger partial charge >= 0.3 is 0 Å². The van der Waals surface area contributed by atoms with Crippen LogP contribution in [0.5, 0.6) is 0 Å². The molecule has 0 radical (unpaired) electrons. The van der Waals surface area contributed by atoms with E-state index in [4.69, 9.17) is 0 Å². The van der Waals surface area contributed by atoms with Crippen LogP contribution in [0.3, 0.4) is 0 Å². The summed E-state index contributed by atoms with van der Waals surface area (Å²) >= 11 is 3.47. The highest BCUT2D eigenvalue weighted by Gasteiger charge is 2.27. The highest BCUT2D eigenvalue weighted by Crippen LogP contribution is 2.20. The maximum atomic E-state index is 12.6. The van der Waals surface area contributed by atoms with E-state index in [0.717, 1.165) is 36.7 Å². The Morgan fingerprint density at radius 1 is 1.55 bits per heavy atom. The van der Waals surface area contributed by atoms with Gasteiger partial charge in [0.05, 0.1) is 6.10 Å². The SMILES string of the molecule is CC[C@H](Cc1cccc(Br)c1)C(=O)N1CCC[C@@H](O)C1. The Balaban J connectivity index is 2.02. The van der Waals surface area contributed by atoms with Gasteiger partial charge in [0.25, 0.3) is 0 Å². The third-order valence-corrected chi connectivity index (χ3v) is 4.41. The van der Waals surface area contributed by atoms with Crippen molar-refractivity contribution in [2.75, 3.05) is 13.1 Å². The Morgan fingerprint density at radius 2 is 2.35 bits per heavy atom. The number of aliphatic hydroxyl groups excluding tert-OH is 1. The van der Waals surface area contributed by atoms with E-state index in [9.17, 15) is 9.90 Å². The number of rotatable bonds is 4. The van der Waals surface area contributed by atoms with Gasteiger partial charge in [0, 0.05) is 23.5 Å². The van der Waals surface area contributed by atoms with E-state index in [0.29, 0.717) is 6.54 Å². The maximum Gasteiger partial charge on any atom is 0.226 e. The van der Waals surface area contributed by atoms with Crippen molar-refractivity contribution in [3.63, 3.8) is 0 Å².